The second-order valence-electron chi connectivity index (χ2n) is 4.75. The van der Waals surface area contributed by atoms with Crippen LogP contribution in [0.3, 0.4) is 0 Å². The molecule has 0 aliphatic carbocycles. The molecular weight excluding hydrogens is 278 g/mol. The normalized spacial score (nSPS) is 13.7. The largest absolute Gasteiger partial charge is 0.377 e. The van der Waals surface area contributed by atoms with Gasteiger partial charge in [0.15, 0.2) is 0 Å². The highest BCUT2D eigenvalue weighted by Crippen LogP contribution is 2.19. The highest BCUT2D eigenvalue weighted by atomic mass is 79.9. The van der Waals surface area contributed by atoms with Crippen LogP contribution in [0.15, 0.2) is 28.7 Å². The molecule has 0 saturated carbocycles. The molecule has 0 aliphatic heterocycles. The van der Waals surface area contributed by atoms with Crippen molar-refractivity contribution in [3.63, 3.8) is 0 Å². The van der Waals surface area contributed by atoms with Crippen LogP contribution in [0, 0.1) is 0 Å². The monoisotopic (exact) mass is 299 g/mol. The molecule has 0 radical (unpaired) electrons. The summed E-state index contributed by atoms with van der Waals surface area (Å²) in [7, 11) is 1.77. The van der Waals surface area contributed by atoms with Crippen LogP contribution in [0.2, 0.25) is 0 Å². The van der Waals surface area contributed by atoms with Crippen molar-refractivity contribution in [2.24, 2.45) is 0 Å². The number of ether oxygens (including phenoxy) is 1. The van der Waals surface area contributed by atoms with Gasteiger partial charge in [0.05, 0.1) is 5.60 Å². The zero-order chi connectivity index (χ0) is 12.9. The molecule has 0 heterocycles. The Kier molecular flexibility index (Phi) is 5.63. The molecule has 1 N–H and O–H groups in total. The van der Waals surface area contributed by atoms with E-state index in [2.05, 4.69) is 66.3 Å². The van der Waals surface area contributed by atoms with Crippen molar-refractivity contribution >= 4 is 15.9 Å². The third kappa shape index (κ3) is 4.41. The van der Waals surface area contributed by atoms with Gasteiger partial charge in [0.1, 0.15) is 0 Å². The van der Waals surface area contributed by atoms with Crippen molar-refractivity contribution in [1.82, 2.24) is 5.32 Å². The maximum absolute atomic E-state index is 5.58. The Morgan fingerprint density at radius 3 is 2.35 bits per heavy atom. The summed E-state index contributed by atoms with van der Waals surface area (Å²) >= 11 is 3.46. The Bertz CT molecular complexity index is 335. The van der Waals surface area contributed by atoms with Gasteiger partial charge in [0.2, 0.25) is 0 Å². The van der Waals surface area contributed by atoms with Crippen LogP contribution < -0.4 is 5.32 Å². The van der Waals surface area contributed by atoms with Gasteiger partial charge in [0.25, 0.3) is 0 Å². The fourth-order valence-corrected chi connectivity index (χ4v) is 2.07. The van der Waals surface area contributed by atoms with Gasteiger partial charge in [-0.25, -0.2) is 0 Å². The van der Waals surface area contributed by atoms with Crippen LogP contribution in [-0.2, 0) is 11.2 Å². The summed E-state index contributed by atoms with van der Waals surface area (Å²) in [5.41, 5.74) is 1.16. The maximum Gasteiger partial charge on any atom is 0.0778 e. The second-order valence-corrected chi connectivity index (χ2v) is 5.66. The van der Waals surface area contributed by atoms with Crippen molar-refractivity contribution in [2.75, 3.05) is 13.7 Å². The lowest BCUT2D eigenvalue weighted by Crippen LogP contribution is -2.49. The molecule has 0 aromatic heterocycles. The first-order valence-electron chi connectivity index (χ1n) is 6.02. The van der Waals surface area contributed by atoms with Crippen molar-refractivity contribution < 1.29 is 4.74 Å². The van der Waals surface area contributed by atoms with Gasteiger partial charge in [-0.15, -0.1) is 0 Å². The van der Waals surface area contributed by atoms with Crippen LogP contribution in [-0.4, -0.2) is 25.3 Å². The molecule has 0 bridgehead atoms. The van der Waals surface area contributed by atoms with Crippen LogP contribution in [0.4, 0.5) is 0 Å². The smallest absolute Gasteiger partial charge is 0.0778 e. The van der Waals surface area contributed by atoms with Crippen LogP contribution in [0.25, 0.3) is 0 Å². The van der Waals surface area contributed by atoms with Crippen LogP contribution >= 0.6 is 15.9 Å². The second kappa shape index (κ2) is 6.53. The van der Waals surface area contributed by atoms with E-state index in [1.807, 2.05) is 0 Å². The molecule has 1 atom stereocenters. The van der Waals surface area contributed by atoms with Crippen LogP contribution in [0.5, 0.6) is 0 Å². The molecule has 0 aliphatic rings. The number of halogens is 1. The summed E-state index contributed by atoms with van der Waals surface area (Å²) in [6, 6.07) is 8.79. The number of hydrogen-bond donors (Lipinski definition) is 1. The summed E-state index contributed by atoms with van der Waals surface area (Å²) in [6.07, 6.45) is 0.974. The molecule has 1 aromatic carbocycles. The van der Waals surface area contributed by atoms with Gasteiger partial charge >= 0.3 is 0 Å². The van der Waals surface area contributed by atoms with Gasteiger partial charge in [0, 0.05) is 17.6 Å². The number of likely N-dealkylation sites (N-methyl/N-ethyl adjacent to an activating group) is 1. The lowest BCUT2D eigenvalue weighted by molar-refractivity contribution is -0.00960. The van der Waals surface area contributed by atoms with Crippen molar-refractivity contribution in [1.29, 1.82) is 0 Å². The first-order valence-corrected chi connectivity index (χ1v) is 6.82. The van der Waals surface area contributed by atoms with E-state index < -0.39 is 0 Å². The van der Waals surface area contributed by atoms with Crippen LogP contribution in [0.1, 0.15) is 26.3 Å². The summed E-state index contributed by atoms with van der Waals surface area (Å²) in [5.74, 6) is 0. The van der Waals surface area contributed by atoms with E-state index in [1.54, 1.807) is 7.11 Å². The summed E-state index contributed by atoms with van der Waals surface area (Å²) < 4.78 is 6.69. The maximum atomic E-state index is 5.58. The fourth-order valence-electron chi connectivity index (χ4n) is 1.81. The van der Waals surface area contributed by atoms with Crippen molar-refractivity contribution in [3.05, 3.63) is 34.3 Å². The van der Waals surface area contributed by atoms with Gasteiger partial charge < -0.3 is 10.1 Å². The molecule has 96 valence electrons. The molecule has 0 saturated heterocycles. The number of rotatable bonds is 6. The number of hydrogen-bond acceptors (Lipinski definition) is 2. The Morgan fingerprint density at radius 1 is 1.29 bits per heavy atom. The Hall–Kier alpha value is -0.380. The fraction of sp³-hybridized carbons (Fsp3) is 0.571. The minimum atomic E-state index is -0.164. The van der Waals surface area contributed by atoms with Crippen molar-refractivity contribution in [3.8, 4) is 0 Å². The van der Waals surface area contributed by atoms with Gasteiger partial charge in [-0.05, 0) is 44.5 Å². The molecule has 0 fully saturated rings. The molecular formula is C14H22BrNO. The minimum Gasteiger partial charge on any atom is -0.377 e. The Morgan fingerprint density at radius 2 is 1.88 bits per heavy atom. The zero-order valence-electron chi connectivity index (χ0n) is 11.1. The molecule has 1 unspecified atom stereocenters. The number of nitrogens with one attached hydrogen (secondary N) is 1. The molecule has 2 nitrogen and oxygen atoms in total. The van der Waals surface area contributed by atoms with E-state index in [1.165, 1.54) is 5.56 Å². The molecule has 0 spiro atoms. The van der Waals surface area contributed by atoms with E-state index in [0.29, 0.717) is 6.04 Å². The van der Waals surface area contributed by atoms with E-state index >= 15 is 0 Å². The summed E-state index contributed by atoms with van der Waals surface area (Å²) in [5, 5.41) is 3.50. The van der Waals surface area contributed by atoms with E-state index in [9.17, 15) is 0 Å². The molecule has 17 heavy (non-hydrogen) atoms. The first-order chi connectivity index (χ1) is 7.99. The first kappa shape index (κ1) is 14.7. The lowest BCUT2D eigenvalue weighted by Gasteiger charge is -2.34. The third-order valence-electron chi connectivity index (χ3n) is 3.17. The van der Waals surface area contributed by atoms with Gasteiger partial charge in [-0.1, -0.05) is 35.0 Å². The topological polar surface area (TPSA) is 21.3 Å². The predicted octanol–water partition coefficient (Wildman–Crippen LogP) is 3.39. The lowest BCUT2D eigenvalue weighted by atomic mass is 9.92. The average molecular weight is 300 g/mol. The van der Waals surface area contributed by atoms with Gasteiger partial charge in [-0.2, -0.15) is 0 Å². The molecule has 1 aromatic rings. The molecule has 1 rings (SSSR count). The molecule has 3 heteroatoms. The van der Waals surface area contributed by atoms with Crippen molar-refractivity contribution in [2.45, 2.75) is 38.8 Å². The van der Waals surface area contributed by atoms with E-state index in [4.69, 9.17) is 4.74 Å². The third-order valence-corrected chi connectivity index (χ3v) is 3.70. The summed E-state index contributed by atoms with van der Waals surface area (Å²) in [4.78, 5) is 0. The quantitative estimate of drug-likeness (QED) is 0.869. The standard InChI is InChI=1S/C14H22BrNO/c1-5-16-13(14(2,3)17-4)10-11-6-8-12(15)9-7-11/h6-9,13,16H,5,10H2,1-4H3. The number of methoxy groups -OCH3 is 1. The highest BCUT2D eigenvalue weighted by molar-refractivity contribution is 9.10. The Balaban J connectivity index is 2.76. The highest BCUT2D eigenvalue weighted by Gasteiger charge is 2.28. The SMILES string of the molecule is CCNC(Cc1ccc(Br)cc1)C(C)(C)OC. The number of benzene rings is 1. The minimum absolute atomic E-state index is 0.164. The zero-order valence-corrected chi connectivity index (χ0v) is 12.7. The van der Waals surface area contributed by atoms with E-state index in [0.717, 1.165) is 17.4 Å². The average Bonchev–Trinajstić information content (AvgIpc) is 2.31. The van der Waals surface area contributed by atoms with E-state index in [-0.39, 0.29) is 5.60 Å². The predicted molar refractivity (Wildman–Crippen MR) is 76.4 cm³/mol. The summed E-state index contributed by atoms with van der Waals surface area (Å²) in [6.45, 7) is 7.33. The van der Waals surface area contributed by atoms with Gasteiger partial charge in [-0.3, -0.25) is 0 Å². The molecule has 0 amide bonds. The Labute approximate surface area is 113 Å².